The Kier molecular flexibility index (Phi) is 10.5. The lowest BCUT2D eigenvalue weighted by atomic mass is 10.2. The van der Waals surface area contributed by atoms with Crippen molar-refractivity contribution in [2.75, 3.05) is 11.5 Å². The third-order valence-corrected chi connectivity index (χ3v) is 6.19. The molecule has 2 aromatic carbocycles. The zero-order valence-electron chi connectivity index (χ0n) is 15.5. The molecule has 0 atom stereocenters. The Morgan fingerprint density at radius 3 is 1.68 bits per heavy atom. The second-order valence-corrected chi connectivity index (χ2v) is 9.17. The van der Waals surface area contributed by atoms with Crippen molar-refractivity contribution in [3.8, 4) is 0 Å². The molecule has 0 saturated carbocycles. The summed E-state index contributed by atoms with van der Waals surface area (Å²) in [6, 6.07) is 3.75. The predicted octanol–water partition coefficient (Wildman–Crippen LogP) is 7.23. The number of sulfone groups is 1. The number of halogens is 8. The van der Waals surface area contributed by atoms with Crippen LogP contribution in [0.2, 0.25) is 0 Å². The Bertz CT molecular complexity index is 968. The number of thioether (sulfide) groups is 1. The summed E-state index contributed by atoms with van der Waals surface area (Å²) < 4.78 is 122. The maximum absolute atomic E-state index is 13.1. The number of alkyl halides is 6. The van der Waals surface area contributed by atoms with E-state index in [1.807, 2.05) is 0 Å². The van der Waals surface area contributed by atoms with Gasteiger partial charge in [-0.15, -0.1) is 11.8 Å². The summed E-state index contributed by atoms with van der Waals surface area (Å²) in [5.74, 6) is -1.69. The topological polar surface area (TPSA) is 34.1 Å². The normalized spacial score (nSPS) is 11.9. The van der Waals surface area contributed by atoms with Gasteiger partial charge in [-0.1, -0.05) is 21.3 Å². The molecule has 12 heteroatoms. The van der Waals surface area contributed by atoms with Crippen LogP contribution in [0.5, 0.6) is 0 Å². The molecule has 0 aliphatic rings. The summed E-state index contributed by atoms with van der Waals surface area (Å²) in [6.07, 6.45) is -9.09. The van der Waals surface area contributed by atoms with E-state index in [4.69, 9.17) is 0 Å². The fraction of sp³-hybridized carbons (Fsp3) is 0.368. The molecule has 0 bridgehead atoms. The zero-order chi connectivity index (χ0) is 23.3. The van der Waals surface area contributed by atoms with Gasteiger partial charge in [-0.2, -0.15) is 26.3 Å². The van der Waals surface area contributed by atoms with Gasteiger partial charge in [0.1, 0.15) is 16.5 Å². The van der Waals surface area contributed by atoms with E-state index >= 15 is 0 Å². The molecule has 31 heavy (non-hydrogen) atoms. The van der Waals surface area contributed by atoms with Gasteiger partial charge >= 0.3 is 12.4 Å². The van der Waals surface area contributed by atoms with Crippen LogP contribution in [0.25, 0.3) is 0 Å². The second-order valence-electron chi connectivity index (χ2n) is 5.62. The molecular weight excluding hydrogens is 476 g/mol. The third kappa shape index (κ3) is 8.32. The van der Waals surface area contributed by atoms with Crippen LogP contribution in [0.15, 0.2) is 46.2 Å². The molecule has 2 nitrogen and oxygen atoms in total. The zero-order valence-corrected chi connectivity index (χ0v) is 17.2. The number of hydrogen-bond donors (Lipinski definition) is 0. The lowest BCUT2D eigenvalue weighted by molar-refractivity contribution is -0.138. The third-order valence-electron chi connectivity index (χ3n) is 3.53. The molecule has 0 fully saturated rings. The summed E-state index contributed by atoms with van der Waals surface area (Å²) >= 11 is 1.06. The highest BCUT2D eigenvalue weighted by molar-refractivity contribution is 7.99. The minimum absolute atomic E-state index is 0. The molecular formula is C19H20F8O2S2. The molecule has 2 rings (SSSR count). The number of benzene rings is 2. The molecule has 0 unspecified atom stereocenters. The predicted molar refractivity (Wildman–Crippen MR) is 104 cm³/mol. The summed E-state index contributed by atoms with van der Waals surface area (Å²) in [5.41, 5.74) is -1.99. The first-order valence-corrected chi connectivity index (χ1v) is 10.9. The molecule has 176 valence electrons. The van der Waals surface area contributed by atoms with Crippen molar-refractivity contribution in [2.24, 2.45) is 0 Å². The van der Waals surface area contributed by atoms with E-state index in [9.17, 15) is 43.5 Å². The van der Waals surface area contributed by atoms with Crippen molar-refractivity contribution < 1.29 is 43.5 Å². The maximum atomic E-state index is 13.1. The van der Waals surface area contributed by atoms with Gasteiger partial charge in [0, 0.05) is 4.90 Å². The molecule has 0 heterocycles. The van der Waals surface area contributed by atoms with Gasteiger partial charge in [-0.05, 0) is 42.2 Å². The van der Waals surface area contributed by atoms with E-state index in [-0.39, 0.29) is 12.3 Å². The van der Waals surface area contributed by atoms with Crippen molar-refractivity contribution >= 4 is 21.6 Å². The van der Waals surface area contributed by atoms with E-state index in [1.165, 1.54) is 6.92 Å². The van der Waals surface area contributed by atoms with Gasteiger partial charge < -0.3 is 0 Å². The molecule has 0 aliphatic heterocycles. The molecule has 0 spiro atoms. The molecule has 0 aliphatic carbocycles. The number of rotatable bonds is 4. The monoisotopic (exact) mass is 496 g/mol. The highest BCUT2D eigenvalue weighted by Gasteiger charge is 2.33. The van der Waals surface area contributed by atoms with Crippen LogP contribution in [0.3, 0.4) is 0 Å². The Balaban J connectivity index is 0.000000567. The van der Waals surface area contributed by atoms with Gasteiger partial charge in [-0.25, -0.2) is 17.2 Å². The van der Waals surface area contributed by atoms with Gasteiger partial charge in [0.15, 0.2) is 9.84 Å². The van der Waals surface area contributed by atoms with Crippen LogP contribution in [0, 0.1) is 11.6 Å². The second kappa shape index (κ2) is 11.2. The Morgan fingerprint density at radius 2 is 1.26 bits per heavy atom. The van der Waals surface area contributed by atoms with Gasteiger partial charge in [-0.3, -0.25) is 0 Å². The molecule has 0 N–H and O–H groups in total. The Labute approximate surface area is 179 Å². The van der Waals surface area contributed by atoms with Gasteiger partial charge in [0.25, 0.3) is 0 Å². The van der Waals surface area contributed by atoms with E-state index in [0.29, 0.717) is 24.0 Å². The number of hydrogen-bond acceptors (Lipinski definition) is 3. The molecule has 0 amide bonds. The van der Waals surface area contributed by atoms with E-state index in [0.717, 1.165) is 30.0 Å². The lowest BCUT2D eigenvalue weighted by Crippen LogP contribution is -2.11. The van der Waals surface area contributed by atoms with Crippen LogP contribution in [-0.4, -0.2) is 19.9 Å². The van der Waals surface area contributed by atoms with Gasteiger partial charge in [0.2, 0.25) is 0 Å². The van der Waals surface area contributed by atoms with Crippen LogP contribution in [0.1, 0.15) is 32.4 Å². The van der Waals surface area contributed by atoms with Crippen molar-refractivity contribution in [3.63, 3.8) is 0 Å². The fourth-order valence-electron chi connectivity index (χ4n) is 2.02. The Hall–Kier alpha value is -1.82. The first kappa shape index (κ1) is 29.2. The molecule has 0 saturated heterocycles. The van der Waals surface area contributed by atoms with Gasteiger partial charge in [0.05, 0.1) is 16.9 Å². The van der Waals surface area contributed by atoms with E-state index in [2.05, 4.69) is 0 Å². The first-order valence-electron chi connectivity index (χ1n) is 8.22. The van der Waals surface area contributed by atoms with Crippen molar-refractivity contribution in [2.45, 2.75) is 43.4 Å². The van der Waals surface area contributed by atoms with Crippen LogP contribution in [0.4, 0.5) is 35.1 Å². The minimum Gasteiger partial charge on any atom is -0.224 e. The highest BCUT2D eigenvalue weighted by Crippen LogP contribution is 2.33. The average molecular weight is 496 g/mol. The molecule has 0 aromatic heterocycles. The van der Waals surface area contributed by atoms with Crippen LogP contribution >= 0.6 is 11.8 Å². The average Bonchev–Trinajstić information content (AvgIpc) is 2.62. The molecule has 0 radical (unpaired) electrons. The van der Waals surface area contributed by atoms with Crippen molar-refractivity contribution in [1.82, 2.24) is 0 Å². The van der Waals surface area contributed by atoms with E-state index < -0.39 is 55.6 Å². The summed E-state index contributed by atoms with van der Waals surface area (Å²) in [7, 11) is -3.99. The van der Waals surface area contributed by atoms with E-state index in [1.54, 1.807) is 6.92 Å². The highest BCUT2D eigenvalue weighted by atomic mass is 32.2. The van der Waals surface area contributed by atoms with Crippen LogP contribution in [-0.2, 0) is 22.2 Å². The summed E-state index contributed by atoms with van der Waals surface area (Å²) in [6.45, 7) is 2.99. The molecule has 2 aromatic rings. The van der Waals surface area contributed by atoms with Crippen molar-refractivity contribution in [3.05, 3.63) is 59.2 Å². The lowest BCUT2D eigenvalue weighted by Gasteiger charge is -2.09. The summed E-state index contributed by atoms with van der Waals surface area (Å²) in [4.78, 5) is -0.868. The van der Waals surface area contributed by atoms with Crippen LogP contribution < -0.4 is 0 Å². The summed E-state index contributed by atoms with van der Waals surface area (Å²) in [5, 5.41) is 0. The Morgan fingerprint density at radius 1 is 0.806 bits per heavy atom. The smallest absolute Gasteiger partial charge is 0.224 e. The quantitative estimate of drug-likeness (QED) is 0.331. The maximum Gasteiger partial charge on any atom is 0.416 e. The SMILES string of the molecule is C.CCS(=O)(=O)c1cc(C(F)(F)F)ccc1F.CCSc1cc(C(F)(F)F)ccc1F. The first-order chi connectivity index (χ1) is 13.6. The minimum atomic E-state index is -4.69. The standard InChI is InChI=1S/C9H8F4O2S.C9H8F4S.CH4/c1-2-16(14,15)8-5-6(9(11,12)13)3-4-7(8)10;1-2-14-8-5-6(9(11,12)13)3-4-7(8)10;/h3-5H,2H2,1H3;3-5H,2H2,1H3;1H4. The largest absolute Gasteiger partial charge is 0.416 e. The fourth-order valence-corrected chi connectivity index (χ4v) is 3.73. The van der Waals surface area contributed by atoms with Crippen molar-refractivity contribution in [1.29, 1.82) is 0 Å².